The number of hydrogen-bond donors (Lipinski definition) is 2. The Labute approximate surface area is 121 Å². The molecule has 1 aromatic heterocycles. The lowest BCUT2D eigenvalue weighted by molar-refractivity contribution is -0.123. The zero-order chi connectivity index (χ0) is 16.4. The Morgan fingerprint density at radius 2 is 1.90 bits per heavy atom. The van der Waals surface area contributed by atoms with Gasteiger partial charge in [0.15, 0.2) is 5.69 Å². The Hall–Kier alpha value is -2.45. The minimum absolute atomic E-state index is 0.0173. The van der Waals surface area contributed by atoms with Crippen molar-refractivity contribution in [2.24, 2.45) is 5.73 Å². The lowest BCUT2D eigenvalue weighted by Gasteiger charge is -2.18. The average Bonchev–Trinajstić information content (AvgIpc) is 2.66. The van der Waals surface area contributed by atoms with Gasteiger partial charge >= 0.3 is 12.0 Å². The Kier molecular flexibility index (Phi) is 4.66. The van der Waals surface area contributed by atoms with Gasteiger partial charge in [0, 0.05) is 0 Å². The maximum Gasteiger partial charge on any atom is 0.361 e. The van der Waals surface area contributed by atoms with Crippen LogP contribution < -0.4 is 11.1 Å². The standard InChI is InChI=1S/C12H19N5O4/c1-6-8(10(19)21-12(3,4)5)15-16-17(6)7(2)9(18)14-11(13)20/h7H,1-5H3,(H3,13,14,18,20). The highest BCUT2D eigenvalue weighted by molar-refractivity contribution is 5.95. The van der Waals surface area contributed by atoms with E-state index in [4.69, 9.17) is 10.5 Å². The Morgan fingerprint density at radius 3 is 2.38 bits per heavy atom. The molecule has 0 aliphatic rings. The minimum Gasteiger partial charge on any atom is -0.455 e. The summed E-state index contributed by atoms with van der Waals surface area (Å²) in [6.07, 6.45) is 0. The fourth-order valence-corrected chi connectivity index (χ4v) is 1.56. The van der Waals surface area contributed by atoms with Crippen LogP contribution >= 0.6 is 0 Å². The molecule has 21 heavy (non-hydrogen) atoms. The van der Waals surface area contributed by atoms with E-state index in [9.17, 15) is 14.4 Å². The van der Waals surface area contributed by atoms with Crippen molar-refractivity contribution in [2.75, 3.05) is 0 Å². The first-order chi connectivity index (χ1) is 9.53. The first-order valence-corrected chi connectivity index (χ1v) is 6.28. The quantitative estimate of drug-likeness (QED) is 0.772. The van der Waals surface area contributed by atoms with Gasteiger partial charge in [0.25, 0.3) is 5.91 Å². The third-order valence-electron chi connectivity index (χ3n) is 2.51. The highest BCUT2D eigenvalue weighted by atomic mass is 16.6. The Morgan fingerprint density at radius 1 is 1.33 bits per heavy atom. The molecule has 0 saturated heterocycles. The van der Waals surface area contributed by atoms with Crippen LogP contribution in [0.5, 0.6) is 0 Å². The van der Waals surface area contributed by atoms with Gasteiger partial charge in [0.2, 0.25) is 0 Å². The number of esters is 1. The van der Waals surface area contributed by atoms with Crippen molar-refractivity contribution in [1.82, 2.24) is 20.3 Å². The number of carbonyl (C=O) groups excluding carboxylic acids is 3. The number of amides is 3. The normalized spacial score (nSPS) is 12.6. The van der Waals surface area contributed by atoms with E-state index in [2.05, 4.69) is 10.3 Å². The molecular weight excluding hydrogens is 278 g/mol. The smallest absolute Gasteiger partial charge is 0.361 e. The highest BCUT2D eigenvalue weighted by Crippen LogP contribution is 2.15. The average molecular weight is 297 g/mol. The molecule has 0 fully saturated rings. The molecule has 0 bridgehead atoms. The number of nitrogens with two attached hydrogens (primary N) is 1. The molecule has 3 amide bonds. The number of imide groups is 1. The molecule has 0 radical (unpaired) electrons. The van der Waals surface area contributed by atoms with Gasteiger partial charge in [-0.2, -0.15) is 0 Å². The summed E-state index contributed by atoms with van der Waals surface area (Å²) < 4.78 is 6.41. The number of primary amides is 1. The molecule has 1 aromatic rings. The fraction of sp³-hybridized carbons (Fsp3) is 0.583. The molecule has 1 rings (SSSR count). The number of aromatic nitrogens is 3. The van der Waals surface area contributed by atoms with Gasteiger partial charge in [-0.3, -0.25) is 10.1 Å². The fourth-order valence-electron chi connectivity index (χ4n) is 1.56. The van der Waals surface area contributed by atoms with Gasteiger partial charge in [0.1, 0.15) is 11.6 Å². The first-order valence-electron chi connectivity index (χ1n) is 6.28. The molecule has 1 atom stereocenters. The summed E-state index contributed by atoms with van der Waals surface area (Å²) in [6, 6.07) is -1.81. The number of urea groups is 1. The molecular formula is C12H19N5O4. The largest absolute Gasteiger partial charge is 0.455 e. The lowest BCUT2D eigenvalue weighted by Crippen LogP contribution is -2.39. The van der Waals surface area contributed by atoms with E-state index in [1.165, 1.54) is 11.6 Å². The monoisotopic (exact) mass is 297 g/mol. The molecule has 9 heteroatoms. The van der Waals surface area contributed by atoms with Gasteiger partial charge in [-0.05, 0) is 34.6 Å². The van der Waals surface area contributed by atoms with E-state index in [-0.39, 0.29) is 5.69 Å². The van der Waals surface area contributed by atoms with Crippen molar-refractivity contribution in [3.05, 3.63) is 11.4 Å². The second-order valence-electron chi connectivity index (χ2n) is 5.50. The molecule has 116 valence electrons. The van der Waals surface area contributed by atoms with Crippen molar-refractivity contribution >= 4 is 17.9 Å². The van der Waals surface area contributed by atoms with E-state index in [1.54, 1.807) is 27.7 Å². The number of nitrogens with zero attached hydrogens (tertiary/aromatic N) is 3. The summed E-state index contributed by atoms with van der Waals surface area (Å²) >= 11 is 0. The molecule has 0 aromatic carbocycles. The second kappa shape index (κ2) is 5.90. The SMILES string of the molecule is Cc1c(C(=O)OC(C)(C)C)nnn1C(C)C(=O)NC(N)=O. The molecule has 1 heterocycles. The number of hydrogen-bond acceptors (Lipinski definition) is 6. The van der Waals surface area contributed by atoms with Gasteiger partial charge in [0.05, 0.1) is 5.69 Å². The highest BCUT2D eigenvalue weighted by Gasteiger charge is 2.27. The van der Waals surface area contributed by atoms with E-state index in [1.807, 2.05) is 5.32 Å². The van der Waals surface area contributed by atoms with Crippen molar-refractivity contribution in [3.63, 3.8) is 0 Å². The summed E-state index contributed by atoms with van der Waals surface area (Å²) in [7, 11) is 0. The van der Waals surface area contributed by atoms with Crippen LogP contribution in [0, 0.1) is 6.92 Å². The number of carbonyl (C=O) groups is 3. The summed E-state index contributed by atoms with van der Waals surface area (Å²) in [5, 5.41) is 9.41. The topological polar surface area (TPSA) is 129 Å². The number of ether oxygens (including phenoxy) is 1. The van der Waals surface area contributed by atoms with Crippen LogP contribution in [0.1, 0.15) is 49.9 Å². The zero-order valence-electron chi connectivity index (χ0n) is 12.6. The van der Waals surface area contributed by atoms with Gasteiger partial charge in [-0.15, -0.1) is 5.10 Å². The van der Waals surface area contributed by atoms with E-state index in [0.29, 0.717) is 5.69 Å². The maximum absolute atomic E-state index is 12.0. The predicted octanol–water partition coefficient (Wildman–Crippen LogP) is 0.298. The van der Waals surface area contributed by atoms with Crippen molar-refractivity contribution in [1.29, 1.82) is 0 Å². The molecule has 0 spiro atoms. The van der Waals surface area contributed by atoms with Crippen molar-refractivity contribution in [2.45, 2.75) is 46.3 Å². The Bertz CT molecular complexity index is 573. The maximum atomic E-state index is 12.0. The van der Waals surface area contributed by atoms with Crippen LogP contribution in [0.25, 0.3) is 0 Å². The van der Waals surface area contributed by atoms with Crippen molar-refractivity contribution in [3.8, 4) is 0 Å². The summed E-state index contributed by atoms with van der Waals surface area (Å²) in [6.45, 7) is 8.26. The summed E-state index contributed by atoms with van der Waals surface area (Å²) in [5.41, 5.74) is 4.59. The van der Waals surface area contributed by atoms with E-state index < -0.39 is 29.6 Å². The van der Waals surface area contributed by atoms with Gasteiger partial charge in [-0.1, -0.05) is 5.21 Å². The first kappa shape index (κ1) is 16.6. The predicted molar refractivity (Wildman–Crippen MR) is 72.4 cm³/mol. The molecule has 0 aliphatic carbocycles. The third-order valence-corrected chi connectivity index (χ3v) is 2.51. The number of rotatable bonds is 3. The molecule has 9 nitrogen and oxygen atoms in total. The lowest BCUT2D eigenvalue weighted by atomic mass is 10.2. The van der Waals surface area contributed by atoms with Crippen molar-refractivity contribution < 1.29 is 19.1 Å². The number of nitrogens with one attached hydrogen (secondary N) is 1. The van der Waals surface area contributed by atoms with E-state index in [0.717, 1.165) is 0 Å². The molecule has 3 N–H and O–H groups in total. The Balaban J connectivity index is 2.96. The minimum atomic E-state index is -0.961. The molecule has 0 saturated carbocycles. The van der Waals surface area contributed by atoms with Crippen LogP contribution in [0.3, 0.4) is 0 Å². The van der Waals surface area contributed by atoms with Crippen LogP contribution in [-0.4, -0.2) is 38.5 Å². The molecule has 1 unspecified atom stereocenters. The summed E-state index contributed by atoms with van der Waals surface area (Å²) in [4.78, 5) is 34.3. The van der Waals surface area contributed by atoms with Crippen LogP contribution in [0.4, 0.5) is 4.79 Å². The second-order valence-corrected chi connectivity index (χ2v) is 5.50. The van der Waals surface area contributed by atoms with E-state index >= 15 is 0 Å². The van der Waals surface area contributed by atoms with Crippen LogP contribution in [0.2, 0.25) is 0 Å². The molecule has 0 aliphatic heterocycles. The van der Waals surface area contributed by atoms with Crippen LogP contribution in [-0.2, 0) is 9.53 Å². The van der Waals surface area contributed by atoms with Gasteiger partial charge in [-0.25, -0.2) is 14.3 Å². The van der Waals surface area contributed by atoms with Gasteiger partial charge < -0.3 is 10.5 Å². The summed E-state index contributed by atoms with van der Waals surface area (Å²) in [5.74, 6) is -1.28. The zero-order valence-corrected chi connectivity index (χ0v) is 12.6. The third kappa shape index (κ3) is 4.26. The van der Waals surface area contributed by atoms with Crippen LogP contribution in [0.15, 0.2) is 0 Å².